The van der Waals surface area contributed by atoms with E-state index in [0.717, 1.165) is 5.56 Å². The summed E-state index contributed by atoms with van der Waals surface area (Å²) in [4.78, 5) is 15.7. The van der Waals surface area contributed by atoms with Crippen LogP contribution < -0.4 is 5.56 Å². The van der Waals surface area contributed by atoms with Gasteiger partial charge in [0.25, 0.3) is 5.56 Å². The van der Waals surface area contributed by atoms with E-state index in [1.165, 1.54) is 5.56 Å². The minimum atomic E-state index is -0.128. The normalized spacial score (nSPS) is 11.0. The van der Waals surface area contributed by atoms with E-state index in [1.807, 2.05) is 31.2 Å². The van der Waals surface area contributed by atoms with Gasteiger partial charge < -0.3 is 4.98 Å². The fraction of sp³-hybridized carbons (Fsp3) is 0.125. The molecule has 1 heterocycles. The van der Waals surface area contributed by atoms with Crippen molar-refractivity contribution in [3.63, 3.8) is 0 Å². The van der Waals surface area contributed by atoms with Crippen LogP contribution in [0.15, 0.2) is 47.3 Å². The van der Waals surface area contributed by atoms with E-state index in [-0.39, 0.29) is 5.56 Å². The molecule has 0 radical (unpaired) electrons. The number of nitrogens with zero attached hydrogens (tertiary/aromatic N) is 1. The number of hydrogen-bond donors (Lipinski definition) is 1. The summed E-state index contributed by atoms with van der Waals surface area (Å²) in [5.74, 6) is 0. The maximum Gasteiger partial charge on any atom is 0.262 e. The van der Waals surface area contributed by atoms with E-state index in [1.54, 1.807) is 22.8 Å². The molecule has 0 saturated carbocycles. The molecule has 2 aromatic carbocycles. The number of aromatic amines is 1. The highest BCUT2D eigenvalue weighted by Gasteiger charge is 2.07. The highest BCUT2D eigenvalue weighted by Crippen LogP contribution is 2.15. The van der Waals surface area contributed by atoms with Crippen LogP contribution in [-0.2, 0) is 6.54 Å². The molecule has 0 unspecified atom stereocenters. The molecular weight excluding hydrogens is 304 g/mol. The second-order valence-corrected chi connectivity index (χ2v) is 5.82. The van der Waals surface area contributed by atoms with E-state index in [0.29, 0.717) is 27.2 Å². The maximum absolute atomic E-state index is 12.6. The lowest BCUT2D eigenvalue weighted by atomic mass is 10.1. The summed E-state index contributed by atoms with van der Waals surface area (Å²) in [5, 5.41) is 1.08. The van der Waals surface area contributed by atoms with Gasteiger partial charge in [0, 0.05) is 5.02 Å². The molecule has 1 aromatic heterocycles. The lowest BCUT2D eigenvalue weighted by molar-refractivity contribution is 0.734. The quantitative estimate of drug-likeness (QED) is 0.724. The molecule has 0 amide bonds. The van der Waals surface area contributed by atoms with Crippen molar-refractivity contribution in [1.82, 2.24) is 9.55 Å². The zero-order valence-electron chi connectivity index (χ0n) is 11.4. The molecule has 21 heavy (non-hydrogen) atoms. The van der Waals surface area contributed by atoms with Crippen LogP contribution >= 0.6 is 23.8 Å². The molecule has 0 aliphatic rings. The molecular formula is C16H13ClN2OS. The maximum atomic E-state index is 12.6. The first-order valence-corrected chi connectivity index (χ1v) is 7.31. The van der Waals surface area contributed by atoms with Crippen molar-refractivity contribution in [1.29, 1.82) is 0 Å². The number of aromatic nitrogens is 2. The van der Waals surface area contributed by atoms with E-state index in [2.05, 4.69) is 4.98 Å². The summed E-state index contributed by atoms with van der Waals surface area (Å²) in [6, 6.07) is 13.2. The number of hydrogen-bond acceptors (Lipinski definition) is 2. The van der Waals surface area contributed by atoms with Crippen LogP contribution in [0.3, 0.4) is 0 Å². The van der Waals surface area contributed by atoms with Gasteiger partial charge in [-0.25, -0.2) is 0 Å². The number of nitrogens with one attached hydrogen (secondary N) is 1. The first-order valence-electron chi connectivity index (χ1n) is 6.52. The third-order valence-electron chi connectivity index (χ3n) is 3.41. The van der Waals surface area contributed by atoms with Gasteiger partial charge in [-0.05, 0) is 42.9 Å². The monoisotopic (exact) mass is 316 g/mol. The predicted molar refractivity (Wildman–Crippen MR) is 88.7 cm³/mol. The molecule has 3 aromatic rings. The summed E-state index contributed by atoms with van der Waals surface area (Å²) in [6.45, 7) is 2.47. The number of H-pyrrole nitrogens is 1. The molecule has 1 N–H and O–H groups in total. The second-order valence-electron chi connectivity index (χ2n) is 5.00. The average molecular weight is 317 g/mol. The third kappa shape index (κ3) is 2.77. The van der Waals surface area contributed by atoms with E-state index in [9.17, 15) is 4.79 Å². The highest BCUT2D eigenvalue weighted by molar-refractivity contribution is 7.71. The van der Waals surface area contributed by atoms with Gasteiger partial charge in [-0.15, -0.1) is 0 Å². The predicted octanol–water partition coefficient (Wildman–Crippen LogP) is 4.07. The fourth-order valence-corrected chi connectivity index (χ4v) is 2.67. The van der Waals surface area contributed by atoms with Gasteiger partial charge in [0.05, 0.1) is 17.4 Å². The van der Waals surface area contributed by atoms with Crippen molar-refractivity contribution in [3.05, 3.63) is 73.7 Å². The highest BCUT2D eigenvalue weighted by atomic mass is 35.5. The van der Waals surface area contributed by atoms with Crippen molar-refractivity contribution in [2.24, 2.45) is 0 Å². The Hall–Kier alpha value is -1.91. The standard InChI is InChI=1S/C16H13ClN2OS/c1-10-2-4-11(5-3-10)9-19-15(20)13-8-12(17)6-7-14(13)18-16(19)21/h2-8H,9H2,1H3,(H,18,21). The van der Waals surface area contributed by atoms with Gasteiger partial charge in [0.15, 0.2) is 4.77 Å². The van der Waals surface area contributed by atoms with Crippen LogP contribution in [0, 0.1) is 11.7 Å². The van der Waals surface area contributed by atoms with Crippen LogP contribution in [0.1, 0.15) is 11.1 Å². The summed E-state index contributed by atoms with van der Waals surface area (Å²) >= 11 is 11.3. The van der Waals surface area contributed by atoms with Crippen molar-refractivity contribution >= 4 is 34.7 Å². The Balaban J connectivity index is 2.16. The minimum Gasteiger partial charge on any atom is -0.332 e. The zero-order chi connectivity index (χ0) is 15.0. The number of rotatable bonds is 2. The van der Waals surface area contributed by atoms with Gasteiger partial charge in [0.1, 0.15) is 0 Å². The van der Waals surface area contributed by atoms with Crippen molar-refractivity contribution < 1.29 is 0 Å². The lowest BCUT2D eigenvalue weighted by Crippen LogP contribution is -2.22. The molecule has 5 heteroatoms. The molecule has 0 aliphatic carbocycles. The molecule has 0 aliphatic heterocycles. The minimum absolute atomic E-state index is 0.128. The second kappa shape index (κ2) is 5.47. The van der Waals surface area contributed by atoms with Crippen LogP contribution in [0.4, 0.5) is 0 Å². The van der Waals surface area contributed by atoms with Gasteiger partial charge in [-0.3, -0.25) is 9.36 Å². The average Bonchev–Trinajstić information content (AvgIpc) is 2.46. The van der Waals surface area contributed by atoms with Gasteiger partial charge in [-0.2, -0.15) is 0 Å². The molecule has 106 valence electrons. The summed E-state index contributed by atoms with van der Waals surface area (Å²) in [7, 11) is 0. The summed E-state index contributed by atoms with van der Waals surface area (Å²) < 4.78 is 1.97. The number of fused-ring (bicyclic) bond motifs is 1. The van der Waals surface area contributed by atoms with Crippen molar-refractivity contribution in [3.8, 4) is 0 Å². The Morgan fingerprint density at radius 2 is 1.90 bits per heavy atom. The lowest BCUT2D eigenvalue weighted by Gasteiger charge is -2.08. The van der Waals surface area contributed by atoms with Crippen LogP contribution in [0.2, 0.25) is 5.02 Å². The Bertz CT molecular complexity index is 926. The van der Waals surface area contributed by atoms with Gasteiger partial charge >= 0.3 is 0 Å². The Labute approximate surface area is 131 Å². The molecule has 0 fully saturated rings. The Morgan fingerprint density at radius 1 is 1.19 bits per heavy atom. The Morgan fingerprint density at radius 3 is 2.62 bits per heavy atom. The summed E-state index contributed by atoms with van der Waals surface area (Å²) in [6.07, 6.45) is 0. The summed E-state index contributed by atoms with van der Waals surface area (Å²) in [5.41, 5.74) is 2.79. The first-order chi connectivity index (χ1) is 10.0. The number of aryl methyl sites for hydroxylation is 1. The van der Waals surface area contributed by atoms with E-state index in [4.69, 9.17) is 23.8 Å². The van der Waals surface area contributed by atoms with Gasteiger partial charge in [-0.1, -0.05) is 41.4 Å². The van der Waals surface area contributed by atoms with Gasteiger partial charge in [0.2, 0.25) is 0 Å². The van der Waals surface area contributed by atoms with E-state index < -0.39 is 0 Å². The van der Waals surface area contributed by atoms with Crippen LogP contribution in [0.5, 0.6) is 0 Å². The molecule has 0 bridgehead atoms. The van der Waals surface area contributed by atoms with Crippen LogP contribution in [0.25, 0.3) is 10.9 Å². The topological polar surface area (TPSA) is 37.8 Å². The zero-order valence-corrected chi connectivity index (χ0v) is 13.0. The molecule has 0 spiro atoms. The third-order valence-corrected chi connectivity index (χ3v) is 3.96. The number of benzene rings is 2. The smallest absolute Gasteiger partial charge is 0.262 e. The molecule has 0 atom stereocenters. The molecule has 3 nitrogen and oxygen atoms in total. The first kappa shape index (κ1) is 14.0. The Kier molecular flexibility index (Phi) is 3.66. The van der Waals surface area contributed by atoms with Crippen LogP contribution in [-0.4, -0.2) is 9.55 Å². The van der Waals surface area contributed by atoms with E-state index >= 15 is 0 Å². The molecule has 3 rings (SSSR count). The van der Waals surface area contributed by atoms with Crippen molar-refractivity contribution in [2.75, 3.05) is 0 Å². The van der Waals surface area contributed by atoms with Crippen molar-refractivity contribution in [2.45, 2.75) is 13.5 Å². The largest absolute Gasteiger partial charge is 0.332 e. The SMILES string of the molecule is Cc1ccc(Cn2c(=S)[nH]c3ccc(Cl)cc3c2=O)cc1. The fourth-order valence-electron chi connectivity index (χ4n) is 2.24. The number of halogens is 1. The molecule has 0 saturated heterocycles.